The number of carbonyl (C=O) groups excluding carboxylic acids is 3. The molecule has 2 aromatic rings. The van der Waals surface area contributed by atoms with E-state index >= 15 is 0 Å². The number of urea groups is 1. The average molecular weight is 494 g/mol. The van der Waals surface area contributed by atoms with Crippen LogP contribution in [0.3, 0.4) is 0 Å². The zero-order valence-corrected chi connectivity index (χ0v) is 20.7. The summed E-state index contributed by atoms with van der Waals surface area (Å²) in [6, 6.07) is 13.7. The zero-order chi connectivity index (χ0) is 25.0. The van der Waals surface area contributed by atoms with Crippen molar-refractivity contribution in [3.05, 3.63) is 54.5 Å². The van der Waals surface area contributed by atoms with Crippen LogP contribution in [0.25, 0.3) is 0 Å². The fourth-order valence-corrected chi connectivity index (χ4v) is 5.74. The summed E-state index contributed by atoms with van der Waals surface area (Å²) in [5.74, 6) is 0.387. The highest BCUT2D eigenvalue weighted by atomic mass is 16.3. The lowest BCUT2D eigenvalue weighted by molar-refractivity contribution is -0.137. The molecular formula is C27H35N5O4. The molecule has 36 heavy (non-hydrogen) atoms. The normalized spacial score (nSPS) is 20.1. The first-order chi connectivity index (χ1) is 17.5. The van der Waals surface area contributed by atoms with Gasteiger partial charge in [-0.05, 0) is 49.9 Å². The van der Waals surface area contributed by atoms with Gasteiger partial charge in [-0.15, -0.1) is 0 Å². The molecule has 3 aliphatic rings. The molecule has 5 rings (SSSR count). The number of carbonyl (C=O) groups is 3. The summed E-state index contributed by atoms with van der Waals surface area (Å²) in [7, 11) is 0. The molecule has 2 aliphatic heterocycles. The SMILES string of the molecule is O=C(CN1CN(c2ccccc2)C2(CCN(C(=O)NC3CCCCC3)CC2)C1=O)NCc1ccco1. The van der Waals surface area contributed by atoms with E-state index in [2.05, 4.69) is 15.5 Å². The number of nitrogens with one attached hydrogen (secondary N) is 2. The van der Waals surface area contributed by atoms with Gasteiger partial charge in [-0.25, -0.2) is 4.79 Å². The van der Waals surface area contributed by atoms with Crippen molar-refractivity contribution >= 4 is 23.5 Å². The number of rotatable bonds is 6. The summed E-state index contributed by atoms with van der Waals surface area (Å²) in [5, 5.41) is 6.03. The lowest BCUT2D eigenvalue weighted by Gasteiger charge is -2.43. The maximum atomic E-state index is 13.8. The van der Waals surface area contributed by atoms with E-state index in [1.165, 1.54) is 19.3 Å². The van der Waals surface area contributed by atoms with Gasteiger partial charge in [0.05, 0.1) is 19.5 Å². The predicted octanol–water partition coefficient (Wildman–Crippen LogP) is 3.08. The highest BCUT2D eigenvalue weighted by Gasteiger charge is 2.54. The lowest BCUT2D eigenvalue weighted by Crippen LogP contribution is -2.59. The number of hydrogen-bond acceptors (Lipinski definition) is 5. The molecule has 0 atom stereocenters. The van der Waals surface area contributed by atoms with E-state index in [-0.39, 0.29) is 37.0 Å². The van der Waals surface area contributed by atoms with E-state index < -0.39 is 5.54 Å². The van der Waals surface area contributed by atoms with E-state index in [1.807, 2.05) is 35.2 Å². The Morgan fingerprint density at radius 1 is 1.00 bits per heavy atom. The minimum Gasteiger partial charge on any atom is -0.467 e. The molecule has 9 nitrogen and oxygen atoms in total. The van der Waals surface area contributed by atoms with Crippen molar-refractivity contribution in [3.8, 4) is 0 Å². The van der Waals surface area contributed by atoms with Crippen molar-refractivity contribution < 1.29 is 18.8 Å². The van der Waals surface area contributed by atoms with E-state index in [4.69, 9.17) is 4.42 Å². The van der Waals surface area contributed by atoms with Crippen LogP contribution in [-0.4, -0.2) is 65.5 Å². The van der Waals surface area contributed by atoms with E-state index in [9.17, 15) is 14.4 Å². The number of anilines is 1. The summed E-state index contributed by atoms with van der Waals surface area (Å²) in [5.41, 5.74) is 0.189. The fraction of sp³-hybridized carbons (Fsp3) is 0.519. The lowest BCUT2D eigenvalue weighted by atomic mass is 9.85. The van der Waals surface area contributed by atoms with E-state index in [0.29, 0.717) is 38.4 Å². The molecular weight excluding hydrogens is 458 g/mol. The summed E-state index contributed by atoms with van der Waals surface area (Å²) in [6.07, 6.45) is 8.29. The molecule has 1 saturated carbocycles. The van der Waals surface area contributed by atoms with Gasteiger partial charge in [-0.1, -0.05) is 37.5 Å². The molecule has 0 bridgehead atoms. The monoisotopic (exact) mass is 493 g/mol. The summed E-state index contributed by atoms with van der Waals surface area (Å²) in [4.78, 5) is 45.0. The van der Waals surface area contributed by atoms with Crippen LogP contribution in [0.1, 0.15) is 50.7 Å². The topological polar surface area (TPSA) is 98.1 Å². The molecule has 2 saturated heterocycles. The van der Waals surface area contributed by atoms with Gasteiger partial charge in [-0.3, -0.25) is 9.59 Å². The highest BCUT2D eigenvalue weighted by molar-refractivity contribution is 5.96. The Balaban J connectivity index is 1.25. The van der Waals surface area contributed by atoms with Crippen LogP contribution in [0.5, 0.6) is 0 Å². The van der Waals surface area contributed by atoms with Gasteiger partial charge in [0.2, 0.25) is 5.91 Å². The first-order valence-electron chi connectivity index (χ1n) is 13.0. The summed E-state index contributed by atoms with van der Waals surface area (Å²) in [6.45, 7) is 1.62. The number of amides is 4. The Bertz CT molecular complexity index is 1040. The molecule has 192 valence electrons. The van der Waals surface area contributed by atoms with Gasteiger partial charge in [0, 0.05) is 24.8 Å². The molecule has 1 spiro atoms. The van der Waals surface area contributed by atoms with Crippen molar-refractivity contribution in [1.82, 2.24) is 20.4 Å². The van der Waals surface area contributed by atoms with Crippen molar-refractivity contribution in [1.29, 1.82) is 0 Å². The maximum Gasteiger partial charge on any atom is 0.317 e. The molecule has 1 aromatic carbocycles. The summed E-state index contributed by atoms with van der Waals surface area (Å²) < 4.78 is 5.28. The number of nitrogens with zero attached hydrogens (tertiary/aromatic N) is 3. The first-order valence-corrected chi connectivity index (χ1v) is 13.0. The van der Waals surface area contributed by atoms with Gasteiger partial charge < -0.3 is 29.8 Å². The molecule has 0 unspecified atom stereocenters. The Morgan fingerprint density at radius 3 is 2.44 bits per heavy atom. The number of furan rings is 1. The molecule has 4 amide bonds. The third kappa shape index (κ3) is 5.05. The molecule has 1 aliphatic carbocycles. The highest BCUT2D eigenvalue weighted by Crippen LogP contribution is 2.39. The number of likely N-dealkylation sites (tertiary alicyclic amines) is 1. The minimum absolute atomic E-state index is 0.0174. The second-order valence-electron chi connectivity index (χ2n) is 10.1. The molecule has 9 heteroatoms. The quantitative estimate of drug-likeness (QED) is 0.645. The first kappa shape index (κ1) is 24.2. The third-order valence-electron chi connectivity index (χ3n) is 7.77. The van der Waals surface area contributed by atoms with Crippen molar-refractivity contribution in [2.45, 2.75) is 63.1 Å². The van der Waals surface area contributed by atoms with Crippen molar-refractivity contribution in [2.24, 2.45) is 0 Å². The van der Waals surface area contributed by atoms with Gasteiger partial charge in [0.15, 0.2) is 0 Å². The van der Waals surface area contributed by atoms with Gasteiger partial charge >= 0.3 is 6.03 Å². The number of para-hydroxylation sites is 1. The van der Waals surface area contributed by atoms with E-state index in [1.54, 1.807) is 23.3 Å². The second kappa shape index (κ2) is 10.6. The standard InChI is InChI=1S/C27H35N5O4/c33-24(28-18-23-12-7-17-36-23)19-31-20-32(22-10-5-2-6-11-22)27(25(31)34)13-15-30(16-14-27)26(35)29-21-8-3-1-4-9-21/h2,5-7,10-12,17,21H,1,3-4,8-9,13-16,18-20H2,(H,28,33)(H,29,35). The average Bonchev–Trinajstić information content (AvgIpc) is 3.52. The van der Waals surface area contributed by atoms with Crippen molar-refractivity contribution in [3.63, 3.8) is 0 Å². The maximum absolute atomic E-state index is 13.8. The van der Waals surface area contributed by atoms with Crippen LogP contribution in [0.15, 0.2) is 53.1 Å². The molecule has 2 N–H and O–H groups in total. The minimum atomic E-state index is -0.760. The molecule has 3 fully saturated rings. The molecule has 3 heterocycles. The van der Waals surface area contributed by atoms with Gasteiger partial charge in [0.25, 0.3) is 5.91 Å². The van der Waals surface area contributed by atoms with Crippen LogP contribution in [-0.2, 0) is 16.1 Å². The smallest absolute Gasteiger partial charge is 0.317 e. The predicted molar refractivity (Wildman–Crippen MR) is 135 cm³/mol. The second-order valence-corrected chi connectivity index (χ2v) is 10.1. The largest absolute Gasteiger partial charge is 0.467 e. The van der Waals surface area contributed by atoms with Crippen LogP contribution in [0, 0.1) is 0 Å². The fourth-order valence-electron chi connectivity index (χ4n) is 5.74. The molecule has 1 aromatic heterocycles. The molecule has 0 radical (unpaired) electrons. The van der Waals surface area contributed by atoms with Crippen LogP contribution in [0.2, 0.25) is 0 Å². The van der Waals surface area contributed by atoms with Crippen molar-refractivity contribution in [2.75, 3.05) is 31.2 Å². The number of piperidine rings is 1. The Kier molecular flexibility index (Phi) is 7.16. The van der Waals surface area contributed by atoms with Gasteiger partial charge in [-0.2, -0.15) is 0 Å². The van der Waals surface area contributed by atoms with E-state index in [0.717, 1.165) is 18.5 Å². The summed E-state index contributed by atoms with van der Waals surface area (Å²) >= 11 is 0. The van der Waals surface area contributed by atoms with Crippen LogP contribution < -0.4 is 15.5 Å². The number of hydrogen-bond donors (Lipinski definition) is 2. The Hall–Kier alpha value is -3.49. The van der Waals surface area contributed by atoms with Crippen LogP contribution in [0.4, 0.5) is 10.5 Å². The van der Waals surface area contributed by atoms with Gasteiger partial charge in [0.1, 0.15) is 17.8 Å². The van der Waals surface area contributed by atoms with Crippen LogP contribution >= 0.6 is 0 Å². The third-order valence-corrected chi connectivity index (χ3v) is 7.77. The number of benzene rings is 1. The Labute approximate surface area is 211 Å². The zero-order valence-electron chi connectivity index (χ0n) is 20.7. The Morgan fingerprint density at radius 2 is 1.75 bits per heavy atom.